The maximum atomic E-state index is 13.3. The molecule has 0 fully saturated rings. The number of carbonyl (C=O) groups excluding carboxylic acids is 2. The largest absolute Gasteiger partial charge is 0.351 e. The number of amides is 3. The zero-order valence-corrected chi connectivity index (χ0v) is 15.1. The highest BCUT2D eigenvalue weighted by molar-refractivity contribution is 6.31. The van der Waals surface area contributed by atoms with E-state index in [1.165, 1.54) is 27.7 Å². The summed E-state index contributed by atoms with van der Waals surface area (Å²) in [5, 5.41) is 5.35. The van der Waals surface area contributed by atoms with E-state index in [-0.39, 0.29) is 23.2 Å². The van der Waals surface area contributed by atoms with Gasteiger partial charge in [0.25, 0.3) is 5.91 Å². The van der Waals surface area contributed by atoms with Crippen LogP contribution < -0.4 is 16.3 Å². The van der Waals surface area contributed by atoms with Gasteiger partial charge >= 0.3 is 11.7 Å². The van der Waals surface area contributed by atoms with Crippen LogP contribution >= 0.6 is 11.6 Å². The van der Waals surface area contributed by atoms with Crippen LogP contribution in [0.4, 0.5) is 14.9 Å². The van der Waals surface area contributed by atoms with E-state index in [1.807, 2.05) is 0 Å². The standard InChI is InChI=1S/C17H17ClFN5O3/c18-11-8-10(2-3-12(11)19)21-16(26)22-6-7-23-13(9-22)14-15(25)20-4-1-5-24(14)17(23)27/h2-3,8H,1,4-7,9H2,(H,20,25)(H,21,26). The first kappa shape index (κ1) is 17.6. The van der Waals surface area contributed by atoms with E-state index < -0.39 is 11.8 Å². The molecule has 10 heteroatoms. The molecule has 2 aliphatic rings. The number of anilines is 1. The van der Waals surface area contributed by atoms with Crippen molar-refractivity contribution in [2.75, 3.05) is 18.4 Å². The van der Waals surface area contributed by atoms with Gasteiger partial charge in [-0.3, -0.25) is 13.9 Å². The molecule has 1 aromatic heterocycles. The van der Waals surface area contributed by atoms with E-state index in [0.717, 1.165) is 0 Å². The van der Waals surface area contributed by atoms with Gasteiger partial charge in [0, 0.05) is 31.9 Å². The Morgan fingerprint density at radius 1 is 1.19 bits per heavy atom. The Bertz CT molecular complexity index is 999. The first-order valence-electron chi connectivity index (χ1n) is 8.57. The zero-order valence-electron chi connectivity index (χ0n) is 14.3. The van der Waals surface area contributed by atoms with Gasteiger partial charge in [-0.1, -0.05) is 11.6 Å². The molecule has 0 aliphatic carbocycles. The molecule has 0 saturated heterocycles. The number of carbonyl (C=O) groups is 2. The van der Waals surface area contributed by atoms with E-state index in [4.69, 9.17) is 11.6 Å². The van der Waals surface area contributed by atoms with E-state index in [9.17, 15) is 18.8 Å². The van der Waals surface area contributed by atoms with Crippen LogP contribution in [0.1, 0.15) is 22.6 Å². The molecule has 1 aromatic carbocycles. The summed E-state index contributed by atoms with van der Waals surface area (Å²) in [6, 6.07) is 3.50. The summed E-state index contributed by atoms with van der Waals surface area (Å²) >= 11 is 5.74. The molecule has 0 spiro atoms. The highest BCUT2D eigenvalue weighted by atomic mass is 35.5. The van der Waals surface area contributed by atoms with Gasteiger partial charge in [-0.25, -0.2) is 14.0 Å². The number of hydrogen-bond acceptors (Lipinski definition) is 3. The summed E-state index contributed by atoms with van der Waals surface area (Å²) in [4.78, 5) is 39.0. The number of fused-ring (bicyclic) bond motifs is 3. The normalized spacial score (nSPS) is 16.2. The zero-order chi connectivity index (χ0) is 19.1. The van der Waals surface area contributed by atoms with Gasteiger partial charge in [0.05, 0.1) is 17.3 Å². The van der Waals surface area contributed by atoms with Crippen LogP contribution in [0, 0.1) is 5.82 Å². The summed E-state index contributed by atoms with van der Waals surface area (Å²) in [6.45, 7) is 1.73. The van der Waals surface area contributed by atoms with Gasteiger partial charge in [0.2, 0.25) is 0 Å². The second-order valence-electron chi connectivity index (χ2n) is 6.47. The number of halogens is 2. The van der Waals surface area contributed by atoms with E-state index in [2.05, 4.69) is 10.6 Å². The molecule has 0 unspecified atom stereocenters. The topological polar surface area (TPSA) is 88.4 Å². The van der Waals surface area contributed by atoms with Gasteiger partial charge in [0.1, 0.15) is 11.5 Å². The van der Waals surface area contributed by atoms with Gasteiger partial charge in [-0.05, 0) is 24.6 Å². The van der Waals surface area contributed by atoms with Crippen molar-refractivity contribution in [3.8, 4) is 0 Å². The lowest BCUT2D eigenvalue weighted by Crippen LogP contribution is -2.43. The molecule has 0 bridgehead atoms. The average molecular weight is 394 g/mol. The third kappa shape index (κ3) is 3.08. The molecule has 0 radical (unpaired) electrons. The predicted molar refractivity (Wildman–Crippen MR) is 96.5 cm³/mol. The van der Waals surface area contributed by atoms with Crippen LogP contribution in [-0.2, 0) is 19.6 Å². The molecule has 0 saturated carbocycles. The van der Waals surface area contributed by atoms with Crippen molar-refractivity contribution in [2.45, 2.75) is 26.1 Å². The summed E-state index contributed by atoms with van der Waals surface area (Å²) in [6.07, 6.45) is 0.678. The van der Waals surface area contributed by atoms with Crippen LogP contribution in [0.25, 0.3) is 0 Å². The fourth-order valence-electron chi connectivity index (χ4n) is 3.45. The Morgan fingerprint density at radius 3 is 2.78 bits per heavy atom. The van der Waals surface area contributed by atoms with Gasteiger partial charge in [-0.2, -0.15) is 0 Å². The van der Waals surface area contributed by atoms with Crippen LogP contribution in [0.2, 0.25) is 5.02 Å². The molecule has 27 heavy (non-hydrogen) atoms. The first-order chi connectivity index (χ1) is 13.0. The van der Waals surface area contributed by atoms with Crippen molar-refractivity contribution < 1.29 is 14.0 Å². The molecule has 2 aliphatic heterocycles. The number of nitrogens with zero attached hydrogens (tertiary/aromatic N) is 3. The molecule has 2 aromatic rings. The number of rotatable bonds is 1. The number of nitrogens with one attached hydrogen (secondary N) is 2. The number of imidazole rings is 1. The lowest BCUT2D eigenvalue weighted by atomic mass is 10.2. The summed E-state index contributed by atoms with van der Waals surface area (Å²) in [7, 11) is 0. The van der Waals surface area contributed by atoms with Crippen LogP contribution in [0.15, 0.2) is 23.0 Å². The molecule has 0 atom stereocenters. The Balaban J connectivity index is 1.59. The van der Waals surface area contributed by atoms with Crippen molar-refractivity contribution in [3.05, 3.63) is 50.9 Å². The molecule has 8 nitrogen and oxygen atoms in total. The number of urea groups is 1. The number of benzene rings is 1. The molecular formula is C17H17ClFN5O3. The van der Waals surface area contributed by atoms with Crippen LogP contribution in [-0.4, -0.2) is 39.1 Å². The second-order valence-corrected chi connectivity index (χ2v) is 6.88. The third-order valence-electron chi connectivity index (χ3n) is 4.78. The molecule has 2 N–H and O–H groups in total. The Kier molecular flexibility index (Phi) is 4.39. The fraction of sp³-hybridized carbons (Fsp3) is 0.353. The maximum Gasteiger partial charge on any atom is 0.329 e. The van der Waals surface area contributed by atoms with Gasteiger partial charge in [0.15, 0.2) is 0 Å². The third-order valence-corrected chi connectivity index (χ3v) is 5.07. The first-order valence-corrected chi connectivity index (χ1v) is 8.95. The minimum absolute atomic E-state index is 0.0882. The predicted octanol–water partition coefficient (Wildman–Crippen LogP) is 1.62. The van der Waals surface area contributed by atoms with Gasteiger partial charge in [-0.15, -0.1) is 0 Å². The Hall–Kier alpha value is -2.81. The molecule has 4 rings (SSSR count). The lowest BCUT2D eigenvalue weighted by molar-refractivity contribution is 0.0947. The maximum absolute atomic E-state index is 13.3. The van der Waals surface area contributed by atoms with Crippen molar-refractivity contribution >= 4 is 29.2 Å². The number of hydrogen-bond donors (Lipinski definition) is 2. The Labute approximate surface area is 158 Å². The summed E-state index contributed by atoms with van der Waals surface area (Å²) in [5.41, 5.74) is 0.989. The van der Waals surface area contributed by atoms with Crippen LogP contribution in [0.5, 0.6) is 0 Å². The van der Waals surface area contributed by atoms with Crippen molar-refractivity contribution in [2.24, 2.45) is 0 Å². The lowest BCUT2D eigenvalue weighted by Gasteiger charge is -2.28. The Morgan fingerprint density at radius 2 is 2.00 bits per heavy atom. The highest BCUT2D eigenvalue weighted by Crippen LogP contribution is 2.22. The van der Waals surface area contributed by atoms with Gasteiger partial charge < -0.3 is 15.5 Å². The minimum Gasteiger partial charge on any atom is -0.351 e. The highest BCUT2D eigenvalue weighted by Gasteiger charge is 2.31. The van der Waals surface area contributed by atoms with Crippen molar-refractivity contribution in [1.82, 2.24) is 19.4 Å². The molecule has 3 heterocycles. The average Bonchev–Trinajstić information content (AvgIpc) is 2.79. The van der Waals surface area contributed by atoms with E-state index >= 15 is 0 Å². The second kappa shape index (κ2) is 6.73. The van der Waals surface area contributed by atoms with E-state index in [1.54, 1.807) is 4.57 Å². The fourth-order valence-corrected chi connectivity index (χ4v) is 3.63. The van der Waals surface area contributed by atoms with Crippen LogP contribution in [0.3, 0.4) is 0 Å². The minimum atomic E-state index is -0.570. The molecule has 3 amide bonds. The number of aromatic nitrogens is 2. The SMILES string of the molecule is O=C1NCCCn2c1c1n(c2=O)CCN(C(=O)Nc2ccc(F)c(Cl)c2)C1. The van der Waals surface area contributed by atoms with Crippen molar-refractivity contribution in [3.63, 3.8) is 0 Å². The monoisotopic (exact) mass is 393 g/mol. The quantitative estimate of drug-likeness (QED) is 0.771. The smallest absolute Gasteiger partial charge is 0.329 e. The molecular weight excluding hydrogens is 377 g/mol. The summed E-state index contributed by atoms with van der Waals surface area (Å²) < 4.78 is 16.3. The summed E-state index contributed by atoms with van der Waals surface area (Å²) in [5.74, 6) is -0.870. The molecule has 142 valence electrons. The van der Waals surface area contributed by atoms with E-state index in [0.29, 0.717) is 49.7 Å². The van der Waals surface area contributed by atoms with Crippen molar-refractivity contribution in [1.29, 1.82) is 0 Å².